The summed E-state index contributed by atoms with van der Waals surface area (Å²) in [6.07, 6.45) is 1.22. The lowest BCUT2D eigenvalue weighted by Crippen LogP contribution is -1.95. The minimum Gasteiger partial charge on any atom is -0.224 e. The van der Waals surface area contributed by atoms with Crippen molar-refractivity contribution in [1.82, 2.24) is 0 Å². The summed E-state index contributed by atoms with van der Waals surface area (Å²) >= 11 is 1.41. The minimum absolute atomic E-state index is 0.456. The summed E-state index contributed by atoms with van der Waals surface area (Å²) in [7, 11) is -2.98. The van der Waals surface area contributed by atoms with Gasteiger partial charge in [0.05, 0.1) is 4.90 Å². The van der Waals surface area contributed by atoms with Gasteiger partial charge >= 0.3 is 0 Å². The lowest BCUT2D eigenvalue weighted by atomic mass is 10.4. The van der Waals surface area contributed by atoms with Crippen LogP contribution in [0.25, 0.3) is 0 Å². The average Bonchev–Trinajstić information content (AvgIpc) is 2.11. The lowest BCUT2D eigenvalue weighted by molar-refractivity contribution is 0.601. The molecule has 1 aromatic rings. The fourth-order valence-electron chi connectivity index (χ4n) is 0.729. The van der Waals surface area contributed by atoms with Crippen LogP contribution in [0.15, 0.2) is 15.7 Å². The van der Waals surface area contributed by atoms with E-state index in [1.807, 2.05) is 5.38 Å². The van der Waals surface area contributed by atoms with Crippen LogP contribution in [0.3, 0.4) is 0 Å². The molecule has 0 saturated carbocycles. The molecule has 1 rings (SSSR count). The first-order valence-electron chi connectivity index (χ1n) is 2.74. The van der Waals surface area contributed by atoms with Crippen LogP contribution in [0.4, 0.5) is 0 Å². The van der Waals surface area contributed by atoms with Gasteiger partial charge in [-0.15, -0.1) is 0 Å². The standard InChI is InChI=1S/C6H8O2S2/c1-5-3-9-4-6(5)10(2,7)8/h3-4H,1-2H3. The van der Waals surface area contributed by atoms with Crippen LogP contribution in [0.1, 0.15) is 5.56 Å². The maximum Gasteiger partial charge on any atom is 0.176 e. The van der Waals surface area contributed by atoms with E-state index in [0.29, 0.717) is 4.90 Å². The lowest BCUT2D eigenvalue weighted by Gasteiger charge is -1.92. The Morgan fingerprint density at radius 3 is 2.20 bits per heavy atom. The summed E-state index contributed by atoms with van der Waals surface area (Å²) in [5, 5.41) is 3.49. The number of hydrogen-bond acceptors (Lipinski definition) is 3. The van der Waals surface area contributed by atoms with Crippen molar-refractivity contribution in [1.29, 1.82) is 0 Å². The van der Waals surface area contributed by atoms with Gasteiger partial charge in [0, 0.05) is 11.6 Å². The van der Waals surface area contributed by atoms with E-state index in [1.165, 1.54) is 17.6 Å². The molecule has 0 aliphatic rings. The van der Waals surface area contributed by atoms with E-state index in [-0.39, 0.29) is 0 Å². The molecule has 0 aliphatic carbocycles. The second-order valence-electron chi connectivity index (χ2n) is 2.19. The van der Waals surface area contributed by atoms with Crippen LogP contribution in [0.2, 0.25) is 0 Å². The van der Waals surface area contributed by atoms with Crippen molar-refractivity contribution in [3.05, 3.63) is 16.3 Å². The molecule has 0 N–H and O–H groups in total. The molecule has 0 aliphatic heterocycles. The molecule has 0 spiro atoms. The highest BCUT2D eigenvalue weighted by molar-refractivity contribution is 7.90. The Labute approximate surface area is 64.4 Å². The normalized spacial score (nSPS) is 11.8. The van der Waals surface area contributed by atoms with E-state index < -0.39 is 9.84 Å². The van der Waals surface area contributed by atoms with Gasteiger partial charge in [-0.05, 0) is 17.9 Å². The summed E-state index contributed by atoms with van der Waals surface area (Å²) in [6.45, 7) is 1.80. The predicted octanol–water partition coefficient (Wildman–Crippen LogP) is 1.46. The summed E-state index contributed by atoms with van der Waals surface area (Å²) in [5.74, 6) is 0. The van der Waals surface area contributed by atoms with Gasteiger partial charge in [-0.25, -0.2) is 8.42 Å². The molecule has 0 bridgehead atoms. The first-order valence-corrected chi connectivity index (χ1v) is 5.58. The zero-order valence-electron chi connectivity index (χ0n) is 5.79. The Bertz CT molecular complexity index is 321. The van der Waals surface area contributed by atoms with E-state index in [4.69, 9.17) is 0 Å². The average molecular weight is 176 g/mol. The summed E-state index contributed by atoms with van der Waals surface area (Å²) in [4.78, 5) is 0.456. The topological polar surface area (TPSA) is 34.1 Å². The highest BCUT2D eigenvalue weighted by atomic mass is 32.2. The first-order chi connectivity index (χ1) is 4.52. The summed E-state index contributed by atoms with van der Waals surface area (Å²) in [5.41, 5.74) is 0.840. The number of hydrogen-bond donors (Lipinski definition) is 0. The second kappa shape index (κ2) is 2.36. The number of rotatable bonds is 1. The van der Waals surface area contributed by atoms with Crippen LogP contribution in [0, 0.1) is 6.92 Å². The molecule has 0 amide bonds. The number of thiophene rings is 1. The van der Waals surface area contributed by atoms with Crippen molar-refractivity contribution in [2.75, 3.05) is 6.26 Å². The van der Waals surface area contributed by atoms with Gasteiger partial charge in [-0.1, -0.05) is 0 Å². The Morgan fingerprint density at radius 2 is 2.00 bits per heavy atom. The molecule has 0 unspecified atom stereocenters. The van der Waals surface area contributed by atoms with Crippen LogP contribution >= 0.6 is 11.3 Å². The van der Waals surface area contributed by atoms with Gasteiger partial charge in [-0.2, -0.15) is 11.3 Å². The van der Waals surface area contributed by atoms with Gasteiger partial charge in [0.2, 0.25) is 0 Å². The van der Waals surface area contributed by atoms with Crippen molar-refractivity contribution in [2.24, 2.45) is 0 Å². The molecule has 1 heterocycles. The van der Waals surface area contributed by atoms with Gasteiger partial charge in [0.15, 0.2) is 9.84 Å². The van der Waals surface area contributed by atoms with Crippen LogP contribution < -0.4 is 0 Å². The van der Waals surface area contributed by atoms with Crippen molar-refractivity contribution in [3.63, 3.8) is 0 Å². The van der Waals surface area contributed by atoms with Crippen molar-refractivity contribution in [2.45, 2.75) is 11.8 Å². The first kappa shape index (κ1) is 7.75. The highest BCUT2D eigenvalue weighted by Gasteiger charge is 2.09. The molecule has 56 valence electrons. The molecule has 10 heavy (non-hydrogen) atoms. The van der Waals surface area contributed by atoms with E-state index in [2.05, 4.69) is 0 Å². The summed E-state index contributed by atoms with van der Waals surface area (Å²) < 4.78 is 21.8. The molecule has 0 aromatic carbocycles. The SMILES string of the molecule is Cc1cscc1S(C)(=O)=O. The maximum absolute atomic E-state index is 10.9. The zero-order valence-corrected chi connectivity index (χ0v) is 7.42. The van der Waals surface area contributed by atoms with Gasteiger partial charge in [0.25, 0.3) is 0 Å². The molecule has 4 heteroatoms. The molecule has 2 nitrogen and oxygen atoms in total. The third kappa shape index (κ3) is 1.38. The third-order valence-corrected chi connectivity index (χ3v) is 3.46. The number of aryl methyl sites for hydroxylation is 1. The van der Waals surface area contributed by atoms with Crippen molar-refractivity contribution in [3.8, 4) is 0 Å². The predicted molar refractivity (Wildman–Crippen MR) is 42.2 cm³/mol. The van der Waals surface area contributed by atoms with Gasteiger partial charge in [-0.3, -0.25) is 0 Å². The van der Waals surface area contributed by atoms with Crippen molar-refractivity contribution >= 4 is 21.2 Å². The largest absolute Gasteiger partial charge is 0.224 e. The van der Waals surface area contributed by atoms with Gasteiger partial charge < -0.3 is 0 Å². The second-order valence-corrected chi connectivity index (χ2v) is 4.92. The smallest absolute Gasteiger partial charge is 0.176 e. The zero-order chi connectivity index (χ0) is 7.78. The highest BCUT2D eigenvalue weighted by Crippen LogP contribution is 2.18. The molecule has 0 fully saturated rings. The molecule has 0 saturated heterocycles. The monoisotopic (exact) mass is 176 g/mol. The quantitative estimate of drug-likeness (QED) is 0.649. The fourth-order valence-corrected chi connectivity index (χ4v) is 3.02. The van der Waals surface area contributed by atoms with Gasteiger partial charge in [0.1, 0.15) is 0 Å². The summed E-state index contributed by atoms with van der Waals surface area (Å²) in [6, 6.07) is 0. The Morgan fingerprint density at radius 1 is 1.40 bits per heavy atom. The maximum atomic E-state index is 10.9. The van der Waals surface area contributed by atoms with Crippen molar-refractivity contribution < 1.29 is 8.42 Å². The molecular weight excluding hydrogens is 168 g/mol. The third-order valence-electron chi connectivity index (χ3n) is 1.21. The van der Waals surface area contributed by atoms with E-state index >= 15 is 0 Å². The van der Waals surface area contributed by atoms with E-state index in [0.717, 1.165) is 5.56 Å². The van der Waals surface area contributed by atoms with Crippen LogP contribution in [-0.4, -0.2) is 14.7 Å². The molecule has 0 radical (unpaired) electrons. The van der Waals surface area contributed by atoms with E-state index in [1.54, 1.807) is 12.3 Å². The van der Waals surface area contributed by atoms with Crippen LogP contribution in [-0.2, 0) is 9.84 Å². The Hall–Kier alpha value is -0.350. The minimum atomic E-state index is -2.98. The van der Waals surface area contributed by atoms with Crippen LogP contribution in [0.5, 0.6) is 0 Å². The number of sulfone groups is 1. The molecule has 1 aromatic heterocycles. The Kier molecular flexibility index (Phi) is 1.83. The Balaban J connectivity index is 3.32. The molecular formula is C6H8O2S2. The van der Waals surface area contributed by atoms with E-state index in [9.17, 15) is 8.42 Å². The fraction of sp³-hybridized carbons (Fsp3) is 0.333. The molecule has 0 atom stereocenters.